The van der Waals surface area contributed by atoms with E-state index in [1.165, 1.54) is 12.8 Å². The number of hydrogen-bond acceptors (Lipinski definition) is 3. The van der Waals surface area contributed by atoms with Gasteiger partial charge in [0, 0.05) is 12.6 Å². The van der Waals surface area contributed by atoms with Gasteiger partial charge in [-0.3, -0.25) is 5.43 Å². The summed E-state index contributed by atoms with van der Waals surface area (Å²) in [4.78, 5) is 4.42. The Bertz CT molecular complexity index is 244. The summed E-state index contributed by atoms with van der Waals surface area (Å²) in [6.07, 6.45) is 4.65. The van der Waals surface area contributed by atoms with Gasteiger partial charge in [0.15, 0.2) is 0 Å². The number of hydrazine groups is 1. The van der Waals surface area contributed by atoms with Gasteiger partial charge in [-0.1, -0.05) is 0 Å². The second kappa shape index (κ2) is 4.37. The zero-order valence-electron chi connectivity index (χ0n) is 9.25. The highest BCUT2D eigenvalue weighted by molar-refractivity contribution is 5.79. The van der Waals surface area contributed by atoms with Crippen LogP contribution in [0.15, 0.2) is 4.99 Å². The Morgan fingerprint density at radius 3 is 2.93 bits per heavy atom. The molecule has 0 amide bonds. The van der Waals surface area contributed by atoms with Gasteiger partial charge in [0.2, 0.25) is 5.96 Å². The molecular weight excluding hydrogens is 192 g/mol. The van der Waals surface area contributed by atoms with Gasteiger partial charge in [-0.15, -0.1) is 0 Å². The number of nitrogens with two attached hydrogens (primary N) is 1. The molecule has 15 heavy (non-hydrogen) atoms. The van der Waals surface area contributed by atoms with Crippen molar-refractivity contribution in [2.24, 2.45) is 10.8 Å². The topological polar surface area (TPSA) is 71.7 Å². The lowest BCUT2D eigenvalue weighted by molar-refractivity contribution is 0.0283. The van der Waals surface area contributed by atoms with Crippen molar-refractivity contribution in [1.82, 2.24) is 10.7 Å². The van der Waals surface area contributed by atoms with E-state index in [4.69, 9.17) is 10.6 Å². The molecule has 2 fully saturated rings. The van der Waals surface area contributed by atoms with Crippen LogP contribution in [0.25, 0.3) is 0 Å². The fraction of sp³-hybridized carbons (Fsp3) is 0.900. The number of hydrogen-bond donors (Lipinski definition) is 3. The van der Waals surface area contributed by atoms with Crippen LogP contribution in [-0.2, 0) is 4.74 Å². The van der Waals surface area contributed by atoms with Gasteiger partial charge in [-0.05, 0) is 32.6 Å². The monoisotopic (exact) mass is 212 g/mol. The van der Waals surface area contributed by atoms with Crippen LogP contribution in [0.1, 0.15) is 32.6 Å². The summed E-state index contributed by atoms with van der Waals surface area (Å²) in [5, 5.41) is 3.24. The maximum absolute atomic E-state index is 5.65. The normalized spacial score (nSPS) is 31.7. The summed E-state index contributed by atoms with van der Waals surface area (Å²) in [7, 11) is 0. The standard InChI is InChI=1S/C10H20N4O/c1-10(5-2-6-15-10)7-12-9(14-11)13-8-3-4-8/h8H,2-7,11H2,1H3,(H2,12,13,14). The molecule has 1 unspecified atom stereocenters. The van der Waals surface area contributed by atoms with Crippen LogP contribution in [0.4, 0.5) is 0 Å². The van der Waals surface area contributed by atoms with Crippen molar-refractivity contribution in [2.75, 3.05) is 13.2 Å². The van der Waals surface area contributed by atoms with Crippen LogP contribution in [0.2, 0.25) is 0 Å². The Kier molecular flexibility index (Phi) is 3.11. The van der Waals surface area contributed by atoms with E-state index >= 15 is 0 Å². The van der Waals surface area contributed by atoms with Gasteiger partial charge >= 0.3 is 0 Å². The van der Waals surface area contributed by atoms with Gasteiger partial charge in [-0.2, -0.15) is 0 Å². The fourth-order valence-corrected chi connectivity index (χ4v) is 1.76. The van der Waals surface area contributed by atoms with E-state index in [2.05, 4.69) is 22.7 Å². The summed E-state index contributed by atoms with van der Waals surface area (Å²) in [5.41, 5.74) is 2.51. The summed E-state index contributed by atoms with van der Waals surface area (Å²) < 4.78 is 5.65. The number of aliphatic imine (C=N–C) groups is 1. The highest BCUT2D eigenvalue weighted by Crippen LogP contribution is 2.25. The predicted octanol–water partition coefficient (Wildman–Crippen LogP) is 0.127. The largest absolute Gasteiger partial charge is 0.373 e. The van der Waals surface area contributed by atoms with Gasteiger partial charge in [0.05, 0.1) is 12.1 Å². The van der Waals surface area contributed by atoms with Gasteiger partial charge in [-0.25, -0.2) is 10.8 Å². The molecule has 0 aromatic heterocycles. The maximum Gasteiger partial charge on any atom is 0.206 e. The first-order chi connectivity index (χ1) is 7.22. The quantitative estimate of drug-likeness (QED) is 0.269. The van der Waals surface area contributed by atoms with E-state index in [0.717, 1.165) is 19.4 Å². The third kappa shape index (κ3) is 3.07. The van der Waals surface area contributed by atoms with E-state index in [0.29, 0.717) is 18.5 Å². The lowest BCUT2D eigenvalue weighted by atomic mass is 10.0. The molecule has 1 heterocycles. The molecule has 4 N–H and O–H groups in total. The Morgan fingerprint density at radius 2 is 2.40 bits per heavy atom. The van der Waals surface area contributed by atoms with Crippen LogP contribution >= 0.6 is 0 Å². The van der Waals surface area contributed by atoms with Crippen LogP contribution in [0, 0.1) is 0 Å². The molecule has 1 aliphatic carbocycles. The lowest BCUT2D eigenvalue weighted by Crippen LogP contribution is -2.43. The molecule has 0 aromatic rings. The van der Waals surface area contributed by atoms with E-state index in [1.807, 2.05) is 0 Å². The van der Waals surface area contributed by atoms with Crippen LogP contribution in [0.5, 0.6) is 0 Å². The molecule has 2 aliphatic rings. The number of rotatable bonds is 3. The average molecular weight is 212 g/mol. The van der Waals surface area contributed by atoms with Gasteiger partial charge in [0.1, 0.15) is 0 Å². The van der Waals surface area contributed by atoms with Crippen molar-refractivity contribution in [3.63, 3.8) is 0 Å². The lowest BCUT2D eigenvalue weighted by Gasteiger charge is -2.21. The zero-order chi connectivity index (χ0) is 10.7. The van der Waals surface area contributed by atoms with Crippen molar-refractivity contribution in [2.45, 2.75) is 44.2 Å². The van der Waals surface area contributed by atoms with Gasteiger partial charge < -0.3 is 10.1 Å². The van der Waals surface area contributed by atoms with Crippen LogP contribution < -0.4 is 16.6 Å². The number of nitrogens with zero attached hydrogens (tertiary/aromatic N) is 1. The highest BCUT2D eigenvalue weighted by Gasteiger charge is 2.30. The smallest absolute Gasteiger partial charge is 0.206 e. The molecule has 86 valence electrons. The molecule has 2 rings (SSSR count). The molecule has 0 aromatic carbocycles. The zero-order valence-corrected chi connectivity index (χ0v) is 9.25. The van der Waals surface area contributed by atoms with E-state index in [-0.39, 0.29) is 5.60 Å². The van der Waals surface area contributed by atoms with Crippen molar-refractivity contribution in [3.8, 4) is 0 Å². The van der Waals surface area contributed by atoms with E-state index in [9.17, 15) is 0 Å². The molecular formula is C10H20N4O. The molecule has 0 spiro atoms. The molecule has 1 atom stereocenters. The summed E-state index contributed by atoms with van der Waals surface area (Å²) in [6.45, 7) is 3.63. The summed E-state index contributed by atoms with van der Waals surface area (Å²) in [5.74, 6) is 6.08. The van der Waals surface area contributed by atoms with Crippen molar-refractivity contribution in [1.29, 1.82) is 0 Å². The SMILES string of the molecule is CC1(CN=C(NN)NC2CC2)CCCO1. The minimum absolute atomic E-state index is 0.0899. The summed E-state index contributed by atoms with van der Waals surface area (Å²) >= 11 is 0. The summed E-state index contributed by atoms with van der Waals surface area (Å²) in [6, 6.07) is 0.567. The first-order valence-electron chi connectivity index (χ1n) is 5.63. The van der Waals surface area contributed by atoms with E-state index in [1.54, 1.807) is 0 Å². The second-order valence-corrected chi connectivity index (χ2v) is 4.63. The Hall–Kier alpha value is -0.810. The average Bonchev–Trinajstić information content (AvgIpc) is 2.95. The Labute approximate surface area is 90.4 Å². The minimum atomic E-state index is -0.0899. The van der Waals surface area contributed by atoms with Gasteiger partial charge in [0.25, 0.3) is 0 Å². The molecule has 1 saturated carbocycles. The molecule has 5 nitrogen and oxygen atoms in total. The molecule has 1 saturated heterocycles. The van der Waals surface area contributed by atoms with Crippen LogP contribution in [-0.4, -0.2) is 30.8 Å². The molecule has 1 aliphatic heterocycles. The van der Waals surface area contributed by atoms with E-state index < -0.39 is 0 Å². The Balaban J connectivity index is 1.83. The second-order valence-electron chi connectivity index (χ2n) is 4.63. The molecule has 0 bridgehead atoms. The number of nitrogens with one attached hydrogen (secondary N) is 2. The third-order valence-corrected chi connectivity index (χ3v) is 2.93. The number of ether oxygens (including phenoxy) is 1. The minimum Gasteiger partial charge on any atom is -0.373 e. The van der Waals surface area contributed by atoms with Crippen molar-refractivity contribution in [3.05, 3.63) is 0 Å². The first-order valence-corrected chi connectivity index (χ1v) is 5.63. The first kappa shape index (κ1) is 10.7. The predicted molar refractivity (Wildman–Crippen MR) is 59.4 cm³/mol. The maximum atomic E-state index is 5.65. The molecule has 5 heteroatoms. The number of guanidine groups is 1. The third-order valence-electron chi connectivity index (χ3n) is 2.93. The van der Waals surface area contributed by atoms with Crippen molar-refractivity contribution >= 4 is 5.96 Å². The van der Waals surface area contributed by atoms with Crippen molar-refractivity contribution < 1.29 is 4.74 Å². The Morgan fingerprint density at radius 1 is 1.60 bits per heavy atom. The fourth-order valence-electron chi connectivity index (χ4n) is 1.76. The highest BCUT2D eigenvalue weighted by atomic mass is 16.5. The van der Waals surface area contributed by atoms with Crippen LogP contribution in [0.3, 0.4) is 0 Å². The molecule has 0 radical (unpaired) electrons.